The number of ether oxygens (including phenoxy) is 2. The highest BCUT2D eigenvalue weighted by atomic mass is 16.7. The molecule has 3 heteroatoms. The summed E-state index contributed by atoms with van der Waals surface area (Å²) in [5.41, 5.74) is 0. The van der Waals surface area contributed by atoms with Gasteiger partial charge in [-0.3, -0.25) is 4.79 Å². The van der Waals surface area contributed by atoms with Crippen LogP contribution in [0.4, 0.5) is 0 Å². The number of carbonyl (C=O) groups excluding carboxylic acids is 1. The van der Waals surface area contributed by atoms with Gasteiger partial charge in [-0.05, 0) is 26.7 Å². The fourth-order valence-electron chi connectivity index (χ4n) is 1.88. The molecule has 2 fully saturated rings. The molecule has 0 spiro atoms. The molecule has 1 saturated heterocycles. The smallest absolute Gasteiger partial charge is 0.162 e. The van der Waals surface area contributed by atoms with Crippen LogP contribution in [0.3, 0.4) is 0 Å². The number of Topliss-reactive ketones (excluding diaryl/α,β-unsaturated/α-hetero) is 1. The zero-order chi connectivity index (χ0) is 10.2. The van der Waals surface area contributed by atoms with Crippen molar-refractivity contribution in [1.29, 1.82) is 0 Å². The van der Waals surface area contributed by atoms with Crippen molar-refractivity contribution in [1.82, 2.24) is 0 Å². The number of hydrogen-bond donors (Lipinski definition) is 0. The van der Waals surface area contributed by atoms with Crippen molar-refractivity contribution in [3.63, 3.8) is 0 Å². The molecule has 14 heavy (non-hydrogen) atoms. The summed E-state index contributed by atoms with van der Waals surface area (Å²) in [6, 6.07) is 0. The number of carbonyl (C=O) groups is 1. The second-order valence-electron chi connectivity index (χ2n) is 4.75. The third-order valence-corrected chi connectivity index (χ3v) is 3.17. The van der Waals surface area contributed by atoms with Crippen molar-refractivity contribution in [2.75, 3.05) is 13.2 Å². The SMILES string of the molecule is CC1(C)OCC(C(=O)C2CCC2)CO1. The van der Waals surface area contributed by atoms with E-state index in [9.17, 15) is 4.79 Å². The Morgan fingerprint density at radius 2 is 1.71 bits per heavy atom. The molecule has 1 aliphatic carbocycles. The average molecular weight is 198 g/mol. The van der Waals surface area contributed by atoms with E-state index in [0.29, 0.717) is 24.9 Å². The van der Waals surface area contributed by atoms with Gasteiger partial charge in [-0.2, -0.15) is 0 Å². The first kappa shape index (κ1) is 10.1. The van der Waals surface area contributed by atoms with Crippen LogP contribution in [-0.2, 0) is 14.3 Å². The third kappa shape index (κ3) is 1.98. The molecule has 1 saturated carbocycles. The molecule has 2 rings (SSSR count). The lowest BCUT2D eigenvalue weighted by Crippen LogP contribution is -2.44. The Kier molecular flexibility index (Phi) is 2.62. The van der Waals surface area contributed by atoms with Gasteiger partial charge in [0.05, 0.1) is 19.1 Å². The van der Waals surface area contributed by atoms with Crippen LogP contribution >= 0.6 is 0 Å². The molecule has 0 radical (unpaired) electrons. The maximum absolute atomic E-state index is 11.8. The molecule has 3 nitrogen and oxygen atoms in total. The quantitative estimate of drug-likeness (QED) is 0.678. The zero-order valence-electron chi connectivity index (χ0n) is 8.91. The Morgan fingerprint density at radius 3 is 2.14 bits per heavy atom. The predicted molar refractivity (Wildman–Crippen MR) is 51.8 cm³/mol. The Hall–Kier alpha value is -0.410. The molecule has 0 bridgehead atoms. The van der Waals surface area contributed by atoms with Crippen LogP contribution < -0.4 is 0 Å². The van der Waals surface area contributed by atoms with Gasteiger partial charge in [-0.15, -0.1) is 0 Å². The first-order valence-electron chi connectivity index (χ1n) is 5.40. The van der Waals surface area contributed by atoms with Gasteiger partial charge in [0.25, 0.3) is 0 Å². The van der Waals surface area contributed by atoms with Gasteiger partial charge in [0.1, 0.15) is 5.78 Å². The van der Waals surface area contributed by atoms with Crippen LogP contribution in [0.15, 0.2) is 0 Å². The number of hydrogen-bond acceptors (Lipinski definition) is 3. The molecule has 2 aliphatic rings. The lowest BCUT2D eigenvalue weighted by Gasteiger charge is -2.36. The van der Waals surface area contributed by atoms with E-state index >= 15 is 0 Å². The van der Waals surface area contributed by atoms with Crippen molar-refractivity contribution in [3.8, 4) is 0 Å². The molecule has 0 aromatic carbocycles. The fraction of sp³-hybridized carbons (Fsp3) is 0.909. The second kappa shape index (κ2) is 3.63. The molecular weight excluding hydrogens is 180 g/mol. The second-order valence-corrected chi connectivity index (χ2v) is 4.75. The first-order valence-corrected chi connectivity index (χ1v) is 5.40. The van der Waals surface area contributed by atoms with Crippen LogP contribution in [0.5, 0.6) is 0 Å². The van der Waals surface area contributed by atoms with Crippen LogP contribution in [-0.4, -0.2) is 24.8 Å². The van der Waals surface area contributed by atoms with E-state index in [-0.39, 0.29) is 5.92 Å². The molecule has 0 amide bonds. The standard InChI is InChI=1S/C11H18O3/c1-11(2)13-6-9(7-14-11)10(12)8-4-3-5-8/h8-9H,3-7H2,1-2H3. The van der Waals surface area contributed by atoms with E-state index < -0.39 is 5.79 Å². The maximum atomic E-state index is 11.8. The topological polar surface area (TPSA) is 35.5 Å². The molecule has 1 aliphatic heterocycles. The summed E-state index contributed by atoms with van der Waals surface area (Å²) >= 11 is 0. The minimum Gasteiger partial charge on any atom is -0.350 e. The summed E-state index contributed by atoms with van der Waals surface area (Å²) in [5.74, 6) is 0.129. The minimum atomic E-state index is -0.504. The van der Waals surface area contributed by atoms with Crippen LogP contribution in [0.2, 0.25) is 0 Å². The Bertz CT molecular complexity index is 221. The molecular formula is C11H18O3. The van der Waals surface area contributed by atoms with Crippen LogP contribution in [0, 0.1) is 11.8 Å². The zero-order valence-corrected chi connectivity index (χ0v) is 8.91. The minimum absolute atomic E-state index is 0.0201. The van der Waals surface area contributed by atoms with Gasteiger partial charge in [-0.1, -0.05) is 6.42 Å². The van der Waals surface area contributed by atoms with Crippen molar-refractivity contribution >= 4 is 5.78 Å². The summed E-state index contributed by atoms with van der Waals surface area (Å²) in [4.78, 5) is 11.8. The van der Waals surface area contributed by atoms with Crippen molar-refractivity contribution in [3.05, 3.63) is 0 Å². The van der Waals surface area contributed by atoms with Gasteiger partial charge in [0.2, 0.25) is 0 Å². The van der Waals surface area contributed by atoms with Crippen LogP contribution in [0.1, 0.15) is 33.1 Å². The van der Waals surface area contributed by atoms with Gasteiger partial charge >= 0.3 is 0 Å². The van der Waals surface area contributed by atoms with E-state index in [1.54, 1.807) is 0 Å². The highest BCUT2D eigenvalue weighted by molar-refractivity contribution is 5.84. The Balaban J connectivity index is 1.85. The van der Waals surface area contributed by atoms with Gasteiger partial charge in [0.15, 0.2) is 5.79 Å². The summed E-state index contributed by atoms with van der Waals surface area (Å²) in [6.07, 6.45) is 3.34. The van der Waals surface area contributed by atoms with Gasteiger partial charge in [-0.25, -0.2) is 0 Å². The highest BCUT2D eigenvalue weighted by Gasteiger charge is 2.36. The summed E-state index contributed by atoms with van der Waals surface area (Å²) < 4.78 is 10.9. The molecule has 80 valence electrons. The van der Waals surface area contributed by atoms with Gasteiger partial charge < -0.3 is 9.47 Å². The normalized spacial score (nSPS) is 28.4. The van der Waals surface area contributed by atoms with E-state index in [0.717, 1.165) is 12.8 Å². The summed E-state index contributed by atoms with van der Waals surface area (Å²) in [7, 11) is 0. The maximum Gasteiger partial charge on any atom is 0.162 e. The van der Waals surface area contributed by atoms with E-state index in [2.05, 4.69) is 0 Å². The lowest BCUT2D eigenvalue weighted by molar-refractivity contribution is -0.259. The van der Waals surface area contributed by atoms with Gasteiger partial charge in [0, 0.05) is 5.92 Å². The highest BCUT2D eigenvalue weighted by Crippen LogP contribution is 2.32. The molecule has 1 heterocycles. The molecule has 0 unspecified atom stereocenters. The average Bonchev–Trinajstić information content (AvgIpc) is 2.00. The predicted octanol–water partition coefficient (Wildman–Crippen LogP) is 1.75. The van der Waals surface area contributed by atoms with E-state index in [4.69, 9.17) is 9.47 Å². The summed E-state index contributed by atoms with van der Waals surface area (Å²) in [5, 5.41) is 0. The Labute approximate surface area is 84.8 Å². The fourth-order valence-corrected chi connectivity index (χ4v) is 1.88. The molecule has 0 aromatic heterocycles. The van der Waals surface area contributed by atoms with Crippen molar-refractivity contribution in [2.45, 2.75) is 38.9 Å². The van der Waals surface area contributed by atoms with Crippen LogP contribution in [0.25, 0.3) is 0 Å². The molecule has 0 atom stereocenters. The van der Waals surface area contributed by atoms with E-state index in [1.807, 2.05) is 13.8 Å². The van der Waals surface area contributed by atoms with E-state index in [1.165, 1.54) is 6.42 Å². The third-order valence-electron chi connectivity index (χ3n) is 3.17. The Morgan fingerprint density at radius 1 is 1.14 bits per heavy atom. The molecule has 0 N–H and O–H groups in total. The largest absolute Gasteiger partial charge is 0.350 e. The summed E-state index contributed by atoms with van der Waals surface area (Å²) in [6.45, 7) is 4.83. The first-order chi connectivity index (χ1) is 6.58. The van der Waals surface area contributed by atoms with Crippen molar-refractivity contribution in [2.24, 2.45) is 11.8 Å². The monoisotopic (exact) mass is 198 g/mol. The van der Waals surface area contributed by atoms with Crippen molar-refractivity contribution < 1.29 is 14.3 Å². The molecule has 0 aromatic rings. The lowest BCUT2D eigenvalue weighted by atomic mass is 9.78. The number of ketones is 1. The number of rotatable bonds is 2.